The van der Waals surface area contributed by atoms with Gasteiger partial charge >= 0.3 is 5.97 Å². The van der Waals surface area contributed by atoms with Crippen LogP contribution in [0.15, 0.2) is 30.3 Å². The summed E-state index contributed by atoms with van der Waals surface area (Å²) in [5.41, 5.74) is 0.231. The fourth-order valence-corrected chi connectivity index (χ4v) is 2.64. The van der Waals surface area contributed by atoms with Crippen LogP contribution in [0, 0.1) is 5.41 Å². The van der Waals surface area contributed by atoms with Crippen molar-refractivity contribution in [1.29, 1.82) is 0 Å². The van der Waals surface area contributed by atoms with Gasteiger partial charge in [-0.25, -0.2) is 0 Å². The van der Waals surface area contributed by atoms with Gasteiger partial charge < -0.3 is 10.1 Å². The molecule has 0 radical (unpaired) electrons. The van der Waals surface area contributed by atoms with Gasteiger partial charge in [0.2, 0.25) is 0 Å². The second kappa shape index (κ2) is 6.24. The van der Waals surface area contributed by atoms with Crippen LogP contribution in [0.2, 0.25) is 0 Å². The molecule has 1 aromatic carbocycles. The Hall–Kier alpha value is -1.26. The molecule has 21 heavy (non-hydrogen) atoms. The SMILES string of the molecule is C[C@@]1(C(=O)OCC(=O)NCCc2ccccc2)CC1(Cl)Cl. The van der Waals surface area contributed by atoms with Crippen LogP contribution >= 0.6 is 23.2 Å². The topological polar surface area (TPSA) is 55.4 Å². The number of halogens is 2. The highest BCUT2D eigenvalue weighted by atomic mass is 35.5. The number of benzene rings is 1. The Kier molecular flexibility index (Phi) is 4.79. The summed E-state index contributed by atoms with van der Waals surface area (Å²) in [6.07, 6.45) is 1.07. The predicted molar refractivity (Wildman–Crippen MR) is 81.3 cm³/mol. The third kappa shape index (κ3) is 3.89. The third-order valence-electron chi connectivity index (χ3n) is 3.62. The molecule has 1 N–H and O–H groups in total. The minimum absolute atomic E-state index is 0.312. The van der Waals surface area contributed by atoms with Crippen molar-refractivity contribution in [2.24, 2.45) is 5.41 Å². The van der Waals surface area contributed by atoms with E-state index in [1.54, 1.807) is 6.92 Å². The minimum Gasteiger partial charge on any atom is -0.455 e. The molecule has 1 saturated carbocycles. The number of hydrogen-bond acceptors (Lipinski definition) is 3. The molecule has 0 spiro atoms. The second-order valence-electron chi connectivity index (χ2n) is 5.38. The molecule has 1 atom stereocenters. The molecule has 1 aliphatic rings. The maximum absolute atomic E-state index is 11.8. The number of carbonyl (C=O) groups is 2. The first-order valence-electron chi connectivity index (χ1n) is 6.71. The van der Waals surface area contributed by atoms with Gasteiger partial charge in [-0.3, -0.25) is 9.59 Å². The first-order chi connectivity index (χ1) is 9.85. The molecule has 0 unspecified atom stereocenters. The van der Waals surface area contributed by atoms with E-state index in [0.717, 1.165) is 12.0 Å². The minimum atomic E-state index is -1.08. The van der Waals surface area contributed by atoms with Crippen LogP contribution in [0.25, 0.3) is 0 Å². The lowest BCUT2D eigenvalue weighted by atomic mass is 10.1. The number of carbonyl (C=O) groups excluding carboxylic acids is 2. The zero-order valence-corrected chi connectivity index (χ0v) is 13.2. The monoisotopic (exact) mass is 329 g/mol. The summed E-state index contributed by atoms with van der Waals surface area (Å²) in [6, 6.07) is 9.80. The van der Waals surface area contributed by atoms with Gasteiger partial charge in [-0.2, -0.15) is 0 Å². The van der Waals surface area contributed by atoms with Gasteiger partial charge in [-0.15, -0.1) is 23.2 Å². The summed E-state index contributed by atoms with van der Waals surface area (Å²) >= 11 is 11.7. The van der Waals surface area contributed by atoms with Gasteiger partial charge in [0.25, 0.3) is 5.91 Å². The molecule has 1 aliphatic carbocycles. The van der Waals surface area contributed by atoms with E-state index in [4.69, 9.17) is 27.9 Å². The smallest absolute Gasteiger partial charge is 0.315 e. The van der Waals surface area contributed by atoms with E-state index in [2.05, 4.69) is 5.32 Å². The molecule has 1 aromatic rings. The highest BCUT2D eigenvalue weighted by Gasteiger charge is 2.69. The van der Waals surface area contributed by atoms with Crippen molar-refractivity contribution in [3.63, 3.8) is 0 Å². The van der Waals surface area contributed by atoms with Crippen molar-refractivity contribution in [2.45, 2.75) is 24.1 Å². The van der Waals surface area contributed by atoms with Crippen molar-refractivity contribution in [3.05, 3.63) is 35.9 Å². The van der Waals surface area contributed by atoms with Gasteiger partial charge in [-0.1, -0.05) is 30.3 Å². The summed E-state index contributed by atoms with van der Waals surface area (Å²) in [4.78, 5) is 23.4. The summed E-state index contributed by atoms with van der Waals surface area (Å²) in [5, 5.41) is 2.70. The van der Waals surface area contributed by atoms with Gasteiger partial charge in [0.15, 0.2) is 6.61 Å². The van der Waals surface area contributed by atoms with Gasteiger partial charge in [0.05, 0.1) is 0 Å². The number of hydrogen-bond donors (Lipinski definition) is 1. The first kappa shape index (κ1) is 16.1. The highest BCUT2D eigenvalue weighted by Crippen LogP contribution is 2.64. The van der Waals surface area contributed by atoms with Crippen molar-refractivity contribution < 1.29 is 14.3 Å². The first-order valence-corrected chi connectivity index (χ1v) is 7.46. The Morgan fingerprint density at radius 3 is 2.48 bits per heavy atom. The molecule has 114 valence electrons. The second-order valence-corrected chi connectivity index (χ2v) is 6.86. The van der Waals surface area contributed by atoms with E-state index in [0.29, 0.717) is 13.0 Å². The zero-order valence-electron chi connectivity index (χ0n) is 11.7. The van der Waals surface area contributed by atoms with Crippen LogP contribution in [-0.4, -0.2) is 29.4 Å². The van der Waals surface area contributed by atoms with Crippen LogP contribution in [0.1, 0.15) is 18.9 Å². The molecule has 0 saturated heterocycles. The van der Waals surface area contributed by atoms with Crippen LogP contribution in [0.5, 0.6) is 0 Å². The Morgan fingerprint density at radius 1 is 1.29 bits per heavy atom. The quantitative estimate of drug-likeness (QED) is 0.644. The van der Waals surface area contributed by atoms with E-state index in [1.165, 1.54) is 0 Å². The number of esters is 1. The predicted octanol–water partition coefficient (Wildman–Crippen LogP) is 2.47. The fourth-order valence-electron chi connectivity index (χ4n) is 1.95. The molecule has 0 heterocycles. The average Bonchev–Trinajstić information content (AvgIpc) is 2.97. The standard InChI is InChI=1S/C15H17Cl2NO3/c1-14(10-15(14,16)17)13(20)21-9-12(19)18-8-7-11-5-3-2-4-6-11/h2-6H,7-10H2,1H3,(H,18,19)/t14-/m0/s1. The molecular formula is C15H17Cl2NO3. The lowest BCUT2D eigenvalue weighted by Crippen LogP contribution is -2.32. The zero-order chi connectivity index (χ0) is 15.5. The number of rotatable bonds is 6. The summed E-state index contributed by atoms with van der Waals surface area (Å²) in [6.45, 7) is 1.81. The van der Waals surface area contributed by atoms with Crippen LogP contribution < -0.4 is 5.32 Å². The Bertz CT molecular complexity index is 533. The number of ether oxygens (including phenoxy) is 1. The lowest BCUT2D eigenvalue weighted by Gasteiger charge is -2.11. The van der Waals surface area contributed by atoms with Crippen molar-refractivity contribution in [3.8, 4) is 0 Å². The highest BCUT2D eigenvalue weighted by molar-refractivity contribution is 6.53. The number of alkyl halides is 2. The van der Waals surface area contributed by atoms with E-state index < -0.39 is 15.7 Å². The van der Waals surface area contributed by atoms with Crippen LogP contribution in [0.3, 0.4) is 0 Å². The molecule has 1 fully saturated rings. The molecule has 0 aliphatic heterocycles. The van der Waals surface area contributed by atoms with Crippen molar-refractivity contribution >= 4 is 35.1 Å². The summed E-state index contributed by atoms with van der Waals surface area (Å²) < 4.78 is 3.87. The van der Waals surface area contributed by atoms with E-state index in [-0.39, 0.29) is 12.5 Å². The van der Waals surface area contributed by atoms with Crippen molar-refractivity contribution in [1.82, 2.24) is 5.32 Å². The van der Waals surface area contributed by atoms with Crippen LogP contribution in [-0.2, 0) is 20.7 Å². The Balaban J connectivity index is 1.65. The van der Waals surface area contributed by atoms with Crippen LogP contribution in [0.4, 0.5) is 0 Å². The van der Waals surface area contributed by atoms with Crippen molar-refractivity contribution in [2.75, 3.05) is 13.2 Å². The third-order valence-corrected chi connectivity index (χ3v) is 4.72. The average molecular weight is 330 g/mol. The fraction of sp³-hybridized carbons (Fsp3) is 0.467. The summed E-state index contributed by atoms with van der Waals surface area (Å²) in [5.74, 6) is -0.871. The van der Waals surface area contributed by atoms with Gasteiger partial charge in [-0.05, 0) is 18.9 Å². The molecule has 1 amide bonds. The van der Waals surface area contributed by atoms with Gasteiger partial charge in [0, 0.05) is 13.0 Å². The molecule has 0 aromatic heterocycles. The normalized spacial score (nSPS) is 22.4. The molecule has 0 bridgehead atoms. The van der Waals surface area contributed by atoms with E-state index in [9.17, 15) is 9.59 Å². The number of amides is 1. The summed E-state index contributed by atoms with van der Waals surface area (Å²) in [7, 11) is 0. The van der Waals surface area contributed by atoms with Gasteiger partial charge in [0.1, 0.15) is 9.75 Å². The molecule has 2 rings (SSSR count). The lowest BCUT2D eigenvalue weighted by molar-refractivity contribution is -0.153. The maximum atomic E-state index is 11.8. The molecular weight excluding hydrogens is 313 g/mol. The Labute approximate surface area is 133 Å². The van der Waals surface area contributed by atoms with E-state index >= 15 is 0 Å². The number of nitrogens with one attached hydrogen (secondary N) is 1. The molecule has 4 nitrogen and oxygen atoms in total. The maximum Gasteiger partial charge on any atom is 0.315 e. The van der Waals surface area contributed by atoms with E-state index in [1.807, 2.05) is 30.3 Å². The molecule has 6 heteroatoms. The Morgan fingerprint density at radius 2 is 1.90 bits per heavy atom. The largest absolute Gasteiger partial charge is 0.455 e.